The zero-order valence-electron chi connectivity index (χ0n) is 10.7. The summed E-state index contributed by atoms with van der Waals surface area (Å²) in [6, 6.07) is 0. The Kier molecular flexibility index (Phi) is 5.28. The standard InChI is InChI=1S/C11H18N2O2S.V/c1-6-7(2)9(4)11(16(12,14)15)10(13-5)8(6)3;/h13H,1-5H3,(H2,12,14,15);. The van der Waals surface area contributed by atoms with Crippen LogP contribution in [0.4, 0.5) is 5.69 Å². The molecule has 0 aromatic heterocycles. The predicted molar refractivity (Wildman–Crippen MR) is 66.3 cm³/mol. The minimum atomic E-state index is -3.70. The van der Waals surface area contributed by atoms with Crippen LogP contribution < -0.4 is 10.5 Å². The van der Waals surface area contributed by atoms with Gasteiger partial charge in [-0.15, -0.1) is 0 Å². The zero-order chi connectivity index (χ0) is 12.7. The summed E-state index contributed by atoms with van der Waals surface area (Å²) in [5.74, 6) is 0. The van der Waals surface area contributed by atoms with E-state index >= 15 is 0 Å². The third-order valence-corrected chi connectivity index (χ3v) is 4.24. The van der Waals surface area contributed by atoms with Crippen molar-refractivity contribution in [2.45, 2.75) is 32.6 Å². The minimum absolute atomic E-state index is 0. The average Bonchev–Trinajstić information content (AvgIpc) is 2.18. The molecule has 0 aliphatic rings. The molecule has 0 saturated carbocycles. The number of nitrogens with two attached hydrogens (primary N) is 1. The first-order valence-electron chi connectivity index (χ1n) is 5.02. The summed E-state index contributed by atoms with van der Waals surface area (Å²) in [6.07, 6.45) is 0. The molecule has 4 nitrogen and oxygen atoms in total. The number of rotatable bonds is 2. The topological polar surface area (TPSA) is 72.2 Å². The van der Waals surface area contributed by atoms with Gasteiger partial charge >= 0.3 is 0 Å². The molecule has 0 fully saturated rings. The summed E-state index contributed by atoms with van der Waals surface area (Å²) in [5, 5.41) is 8.17. The maximum Gasteiger partial charge on any atom is 0.240 e. The Morgan fingerprint density at radius 1 is 0.941 bits per heavy atom. The first-order valence-corrected chi connectivity index (χ1v) is 6.57. The van der Waals surface area contributed by atoms with Crippen LogP contribution in [0.15, 0.2) is 4.90 Å². The second-order valence-electron chi connectivity index (χ2n) is 4.00. The van der Waals surface area contributed by atoms with Crippen LogP contribution in [-0.2, 0) is 28.6 Å². The van der Waals surface area contributed by atoms with Crippen LogP contribution in [-0.4, -0.2) is 15.5 Å². The molecule has 6 heteroatoms. The largest absolute Gasteiger partial charge is 0.387 e. The molecule has 0 heterocycles. The molecule has 0 aliphatic carbocycles. The van der Waals surface area contributed by atoms with Crippen LogP contribution in [0, 0.1) is 27.7 Å². The summed E-state index contributed by atoms with van der Waals surface area (Å²) in [6.45, 7) is 7.56. The zero-order valence-corrected chi connectivity index (χ0v) is 13.0. The molecule has 0 atom stereocenters. The monoisotopic (exact) mass is 293 g/mol. The van der Waals surface area contributed by atoms with Crippen LogP contribution >= 0.6 is 0 Å². The molecule has 95 valence electrons. The van der Waals surface area contributed by atoms with Gasteiger partial charge in [-0.1, -0.05) is 0 Å². The van der Waals surface area contributed by atoms with Gasteiger partial charge in [-0.05, 0) is 49.9 Å². The molecule has 0 amide bonds. The van der Waals surface area contributed by atoms with E-state index in [1.165, 1.54) is 0 Å². The van der Waals surface area contributed by atoms with E-state index in [9.17, 15) is 8.42 Å². The van der Waals surface area contributed by atoms with Crippen molar-refractivity contribution >= 4 is 15.7 Å². The van der Waals surface area contributed by atoms with Crippen LogP contribution in [0.3, 0.4) is 0 Å². The van der Waals surface area contributed by atoms with Gasteiger partial charge in [0.2, 0.25) is 10.0 Å². The molecule has 0 bridgehead atoms. The van der Waals surface area contributed by atoms with Gasteiger partial charge in [0.15, 0.2) is 0 Å². The predicted octanol–water partition coefficient (Wildman–Crippen LogP) is 1.61. The van der Waals surface area contributed by atoms with Crippen LogP contribution in [0.5, 0.6) is 0 Å². The number of hydrogen-bond donors (Lipinski definition) is 2. The van der Waals surface area contributed by atoms with Gasteiger partial charge in [0.25, 0.3) is 0 Å². The fourth-order valence-corrected chi connectivity index (χ4v) is 3.05. The van der Waals surface area contributed by atoms with Gasteiger partial charge in [-0.25, -0.2) is 13.6 Å². The molecular formula is C11H18N2O2SV. The van der Waals surface area contributed by atoms with Crippen molar-refractivity contribution in [3.8, 4) is 0 Å². The van der Waals surface area contributed by atoms with E-state index in [-0.39, 0.29) is 23.5 Å². The molecular weight excluding hydrogens is 275 g/mol. The van der Waals surface area contributed by atoms with Gasteiger partial charge < -0.3 is 5.32 Å². The van der Waals surface area contributed by atoms with Gasteiger partial charge in [0.05, 0.1) is 5.69 Å². The molecule has 1 aromatic rings. The van der Waals surface area contributed by atoms with Crippen molar-refractivity contribution in [3.63, 3.8) is 0 Å². The normalized spacial score (nSPS) is 10.9. The molecule has 17 heavy (non-hydrogen) atoms. The quantitative estimate of drug-likeness (QED) is 0.870. The second kappa shape index (κ2) is 5.44. The van der Waals surface area contributed by atoms with Gasteiger partial charge in [-0.2, -0.15) is 0 Å². The Morgan fingerprint density at radius 3 is 1.71 bits per heavy atom. The SMILES string of the molecule is CNc1c(C)c(C)c(C)c(C)c1S(N)(=O)=O.[V]. The number of primary sulfonamides is 1. The van der Waals surface area contributed by atoms with Gasteiger partial charge in [0.1, 0.15) is 4.90 Å². The van der Waals surface area contributed by atoms with Crippen molar-refractivity contribution in [1.29, 1.82) is 0 Å². The van der Waals surface area contributed by atoms with Crippen molar-refractivity contribution in [2.75, 3.05) is 12.4 Å². The van der Waals surface area contributed by atoms with Crippen molar-refractivity contribution in [3.05, 3.63) is 22.3 Å². The van der Waals surface area contributed by atoms with E-state index in [4.69, 9.17) is 5.14 Å². The Bertz CT molecular complexity index is 539. The fraction of sp³-hybridized carbons (Fsp3) is 0.455. The molecule has 1 radical (unpaired) electrons. The van der Waals surface area contributed by atoms with E-state index in [2.05, 4.69) is 5.32 Å². The van der Waals surface area contributed by atoms with E-state index in [0.29, 0.717) is 5.69 Å². The third-order valence-electron chi connectivity index (χ3n) is 3.16. The second-order valence-corrected chi connectivity index (χ2v) is 5.50. The van der Waals surface area contributed by atoms with E-state index in [1.807, 2.05) is 20.8 Å². The summed E-state index contributed by atoms with van der Waals surface area (Å²) >= 11 is 0. The van der Waals surface area contributed by atoms with Crippen LogP contribution in [0.1, 0.15) is 22.3 Å². The summed E-state index contributed by atoms with van der Waals surface area (Å²) in [4.78, 5) is 0.204. The third kappa shape index (κ3) is 2.85. The maximum atomic E-state index is 11.6. The number of hydrogen-bond acceptors (Lipinski definition) is 3. The van der Waals surface area contributed by atoms with E-state index < -0.39 is 10.0 Å². The van der Waals surface area contributed by atoms with Gasteiger partial charge in [-0.3, -0.25) is 0 Å². The molecule has 0 saturated heterocycles. The van der Waals surface area contributed by atoms with Gasteiger partial charge in [0, 0.05) is 25.6 Å². The molecule has 3 N–H and O–H groups in total. The van der Waals surface area contributed by atoms with E-state index in [0.717, 1.165) is 22.3 Å². The van der Waals surface area contributed by atoms with Crippen LogP contribution in [0.25, 0.3) is 0 Å². The minimum Gasteiger partial charge on any atom is -0.387 e. The van der Waals surface area contributed by atoms with Crippen molar-refractivity contribution < 1.29 is 27.0 Å². The average molecular weight is 293 g/mol. The Hall–Kier alpha value is -0.486. The summed E-state index contributed by atoms with van der Waals surface area (Å²) in [7, 11) is -2.00. The molecule has 0 unspecified atom stereocenters. The maximum absolute atomic E-state index is 11.6. The van der Waals surface area contributed by atoms with Crippen LogP contribution in [0.2, 0.25) is 0 Å². The van der Waals surface area contributed by atoms with Crippen molar-refractivity contribution in [2.24, 2.45) is 5.14 Å². The summed E-state index contributed by atoms with van der Waals surface area (Å²) < 4.78 is 23.2. The molecule has 1 aromatic carbocycles. The Labute approximate surface area is 115 Å². The molecule has 0 aliphatic heterocycles. The first-order chi connectivity index (χ1) is 7.21. The fourth-order valence-electron chi connectivity index (χ4n) is 1.93. The van der Waals surface area contributed by atoms with E-state index in [1.54, 1.807) is 14.0 Å². The molecule has 1 rings (SSSR count). The summed E-state index contributed by atoms with van der Waals surface area (Å²) in [5.41, 5.74) is 4.31. The molecule has 0 spiro atoms. The smallest absolute Gasteiger partial charge is 0.240 e. The number of benzene rings is 1. The number of anilines is 1. The number of nitrogens with one attached hydrogen (secondary N) is 1. The Balaban J connectivity index is 0.00000256. The Morgan fingerprint density at radius 2 is 1.35 bits per heavy atom. The van der Waals surface area contributed by atoms with Crippen molar-refractivity contribution in [1.82, 2.24) is 0 Å². The first kappa shape index (κ1) is 16.5. The number of sulfonamides is 1.